The third kappa shape index (κ3) is 4.38. The number of aromatic nitrogens is 2. The first-order valence-corrected chi connectivity index (χ1v) is 9.62. The molecule has 2 aromatic carbocycles. The Hall–Kier alpha value is -3.06. The molecule has 1 heterocycles. The maximum absolute atomic E-state index is 12.5. The molecule has 27 heavy (non-hydrogen) atoms. The lowest BCUT2D eigenvalue weighted by atomic mass is 10.1. The molecular formula is C20H20N4O2S. The minimum Gasteiger partial charge on any atom is -0.355 e. The van der Waals surface area contributed by atoms with Crippen LogP contribution in [0, 0.1) is 0 Å². The first-order valence-electron chi connectivity index (χ1n) is 8.39. The molecule has 0 saturated carbocycles. The molecule has 3 rings (SSSR count). The van der Waals surface area contributed by atoms with Crippen LogP contribution in [0.5, 0.6) is 0 Å². The van der Waals surface area contributed by atoms with Crippen molar-refractivity contribution in [3.63, 3.8) is 0 Å². The maximum Gasteiger partial charge on any atom is 0.251 e. The van der Waals surface area contributed by atoms with Gasteiger partial charge < -0.3 is 10.6 Å². The fraction of sp³-hybridized carbons (Fsp3) is 0.150. The predicted molar refractivity (Wildman–Crippen MR) is 106 cm³/mol. The zero-order valence-electron chi connectivity index (χ0n) is 15.1. The summed E-state index contributed by atoms with van der Waals surface area (Å²) in [5.74, 6) is -0.287. The van der Waals surface area contributed by atoms with Crippen LogP contribution in [-0.4, -0.2) is 34.7 Å². The summed E-state index contributed by atoms with van der Waals surface area (Å²) >= 11 is 1.55. The highest BCUT2D eigenvalue weighted by Crippen LogP contribution is 2.19. The van der Waals surface area contributed by atoms with Gasteiger partial charge in [-0.25, -0.2) is 4.98 Å². The van der Waals surface area contributed by atoms with Crippen molar-refractivity contribution >= 4 is 23.6 Å². The van der Waals surface area contributed by atoms with E-state index in [4.69, 9.17) is 0 Å². The smallest absolute Gasteiger partial charge is 0.251 e. The third-order valence-electron chi connectivity index (χ3n) is 4.07. The van der Waals surface area contributed by atoms with Gasteiger partial charge in [0.1, 0.15) is 0 Å². The van der Waals surface area contributed by atoms with Gasteiger partial charge in [0.15, 0.2) is 5.16 Å². The van der Waals surface area contributed by atoms with Crippen LogP contribution in [0.2, 0.25) is 0 Å². The zero-order valence-corrected chi connectivity index (χ0v) is 15.9. The van der Waals surface area contributed by atoms with Crippen LogP contribution in [0.4, 0.5) is 0 Å². The normalized spacial score (nSPS) is 10.4. The summed E-state index contributed by atoms with van der Waals surface area (Å²) in [5, 5.41) is 6.35. The first kappa shape index (κ1) is 18.7. The molecule has 0 atom stereocenters. The number of hydrogen-bond acceptors (Lipinski definition) is 4. The van der Waals surface area contributed by atoms with E-state index in [1.807, 2.05) is 47.4 Å². The summed E-state index contributed by atoms with van der Waals surface area (Å²) in [6.07, 6.45) is 5.57. The van der Waals surface area contributed by atoms with Gasteiger partial charge >= 0.3 is 0 Å². The molecule has 7 heteroatoms. The van der Waals surface area contributed by atoms with E-state index in [-0.39, 0.29) is 11.8 Å². The lowest BCUT2D eigenvalue weighted by Crippen LogP contribution is -2.23. The van der Waals surface area contributed by atoms with Crippen molar-refractivity contribution in [2.45, 2.75) is 11.7 Å². The molecule has 0 aliphatic heterocycles. The van der Waals surface area contributed by atoms with Crippen molar-refractivity contribution in [1.29, 1.82) is 0 Å². The van der Waals surface area contributed by atoms with E-state index in [9.17, 15) is 9.59 Å². The van der Waals surface area contributed by atoms with Gasteiger partial charge in [0.05, 0.1) is 0 Å². The van der Waals surface area contributed by atoms with Crippen LogP contribution in [0.15, 0.2) is 66.1 Å². The van der Waals surface area contributed by atoms with Crippen LogP contribution in [0.1, 0.15) is 26.3 Å². The van der Waals surface area contributed by atoms with Crippen LogP contribution in [0.3, 0.4) is 0 Å². The molecular weight excluding hydrogens is 360 g/mol. The molecule has 3 aromatic rings. The van der Waals surface area contributed by atoms with Gasteiger partial charge in [-0.15, -0.1) is 0 Å². The fourth-order valence-corrected chi connectivity index (χ4v) is 3.17. The van der Waals surface area contributed by atoms with Crippen LogP contribution < -0.4 is 10.6 Å². The molecule has 2 N–H and O–H groups in total. The molecule has 0 fully saturated rings. The Morgan fingerprint density at radius 2 is 1.85 bits per heavy atom. The lowest BCUT2D eigenvalue weighted by molar-refractivity contribution is 0.0946. The molecule has 0 bridgehead atoms. The van der Waals surface area contributed by atoms with E-state index in [0.717, 1.165) is 16.4 Å². The summed E-state index contributed by atoms with van der Waals surface area (Å²) in [6, 6.07) is 14.6. The molecule has 0 radical (unpaired) electrons. The number of benzene rings is 2. The Kier molecular flexibility index (Phi) is 5.93. The van der Waals surface area contributed by atoms with E-state index in [0.29, 0.717) is 17.7 Å². The monoisotopic (exact) mass is 380 g/mol. The summed E-state index contributed by atoms with van der Waals surface area (Å²) in [5.41, 5.74) is 2.98. The van der Waals surface area contributed by atoms with Gasteiger partial charge in [-0.05, 0) is 42.2 Å². The summed E-state index contributed by atoms with van der Waals surface area (Å²) in [4.78, 5) is 28.4. The number of carbonyl (C=O) groups is 2. The van der Waals surface area contributed by atoms with Crippen molar-refractivity contribution in [2.75, 3.05) is 13.3 Å². The summed E-state index contributed by atoms with van der Waals surface area (Å²) < 4.78 is 1.94. The molecule has 0 saturated heterocycles. The molecule has 0 aliphatic carbocycles. The molecule has 6 nitrogen and oxygen atoms in total. The van der Waals surface area contributed by atoms with Crippen molar-refractivity contribution < 1.29 is 9.59 Å². The molecule has 0 spiro atoms. The van der Waals surface area contributed by atoms with Gasteiger partial charge in [0, 0.05) is 42.8 Å². The summed E-state index contributed by atoms with van der Waals surface area (Å²) in [7, 11) is 1.59. The Bertz CT molecular complexity index is 951. The van der Waals surface area contributed by atoms with E-state index < -0.39 is 0 Å². The molecule has 138 valence electrons. The quantitative estimate of drug-likeness (QED) is 0.645. The van der Waals surface area contributed by atoms with E-state index >= 15 is 0 Å². The van der Waals surface area contributed by atoms with E-state index in [1.165, 1.54) is 0 Å². The molecule has 0 unspecified atom stereocenters. The Morgan fingerprint density at radius 1 is 1.07 bits per heavy atom. The topological polar surface area (TPSA) is 76.0 Å². The minimum absolute atomic E-state index is 0.133. The fourth-order valence-electron chi connectivity index (χ4n) is 2.64. The number of nitrogens with one attached hydrogen (secondary N) is 2. The predicted octanol–water partition coefficient (Wildman–Crippen LogP) is 2.88. The Morgan fingerprint density at radius 3 is 2.56 bits per heavy atom. The minimum atomic E-state index is -0.155. The highest BCUT2D eigenvalue weighted by atomic mass is 32.2. The van der Waals surface area contributed by atoms with Gasteiger partial charge in [-0.1, -0.05) is 30.0 Å². The van der Waals surface area contributed by atoms with E-state index in [2.05, 4.69) is 15.6 Å². The van der Waals surface area contributed by atoms with Gasteiger partial charge in [-0.2, -0.15) is 0 Å². The Balaban J connectivity index is 1.68. The van der Waals surface area contributed by atoms with Crippen LogP contribution in [0.25, 0.3) is 5.69 Å². The van der Waals surface area contributed by atoms with Crippen molar-refractivity contribution in [1.82, 2.24) is 20.2 Å². The molecule has 1 aromatic heterocycles. The first-order chi connectivity index (χ1) is 13.1. The second kappa shape index (κ2) is 8.55. The van der Waals surface area contributed by atoms with E-state index in [1.54, 1.807) is 43.2 Å². The van der Waals surface area contributed by atoms with Gasteiger partial charge in [0.2, 0.25) is 0 Å². The average Bonchev–Trinajstić information content (AvgIpc) is 3.21. The third-order valence-corrected chi connectivity index (χ3v) is 4.74. The second-order valence-electron chi connectivity index (χ2n) is 5.79. The van der Waals surface area contributed by atoms with Crippen molar-refractivity contribution in [3.8, 4) is 5.69 Å². The Labute approximate surface area is 162 Å². The molecule has 0 aliphatic rings. The number of hydrogen-bond donors (Lipinski definition) is 2. The standard InChI is InChI=1S/C20H20N4O2S/c1-21-18(25)15-8-6-14(7-9-15)13-23-19(26)16-4-3-5-17(12-16)24-11-10-22-20(24)27-2/h3-12H,13H2,1-2H3,(H,21,25)(H,23,26). The number of nitrogens with zero attached hydrogens (tertiary/aromatic N) is 2. The molecule has 2 amide bonds. The SMILES string of the molecule is CNC(=O)c1ccc(CNC(=O)c2cccc(-n3ccnc3SC)c2)cc1. The van der Waals surface area contributed by atoms with Gasteiger partial charge in [-0.3, -0.25) is 14.2 Å². The maximum atomic E-state index is 12.5. The average molecular weight is 380 g/mol. The largest absolute Gasteiger partial charge is 0.355 e. The highest BCUT2D eigenvalue weighted by molar-refractivity contribution is 7.98. The number of amides is 2. The number of rotatable bonds is 6. The van der Waals surface area contributed by atoms with Crippen LogP contribution >= 0.6 is 11.8 Å². The number of carbonyl (C=O) groups excluding carboxylic acids is 2. The van der Waals surface area contributed by atoms with Crippen molar-refractivity contribution in [3.05, 3.63) is 77.6 Å². The number of imidazole rings is 1. The van der Waals surface area contributed by atoms with Gasteiger partial charge in [0.25, 0.3) is 11.8 Å². The van der Waals surface area contributed by atoms with Crippen LogP contribution in [-0.2, 0) is 6.54 Å². The lowest BCUT2D eigenvalue weighted by Gasteiger charge is -2.09. The second-order valence-corrected chi connectivity index (χ2v) is 6.57. The van der Waals surface area contributed by atoms with Crippen molar-refractivity contribution in [2.24, 2.45) is 0 Å². The zero-order chi connectivity index (χ0) is 19.2. The highest BCUT2D eigenvalue weighted by Gasteiger charge is 2.09. The number of thioether (sulfide) groups is 1. The summed E-state index contributed by atoms with van der Waals surface area (Å²) in [6.45, 7) is 0.387.